The van der Waals surface area contributed by atoms with Crippen LogP contribution in [0.2, 0.25) is 0 Å². The van der Waals surface area contributed by atoms with Crippen LogP contribution < -0.4 is 10.5 Å². The van der Waals surface area contributed by atoms with Crippen LogP contribution in [-0.4, -0.2) is 17.5 Å². The van der Waals surface area contributed by atoms with Crippen molar-refractivity contribution in [3.63, 3.8) is 0 Å². The summed E-state index contributed by atoms with van der Waals surface area (Å²) in [5.41, 5.74) is -0.556. The molecule has 0 radical (unpaired) electrons. The van der Waals surface area contributed by atoms with Gasteiger partial charge in [0.05, 0.1) is 4.92 Å². The van der Waals surface area contributed by atoms with Crippen molar-refractivity contribution in [2.45, 2.75) is 32.7 Å². The number of anilines is 1. The molecule has 2 heterocycles. The molecule has 0 bridgehead atoms. The maximum Gasteiger partial charge on any atom is 0.417 e. The van der Waals surface area contributed by atoms with Gasteiger partial charge in [0.2, 0.25) is 0 Å². The van der Waals surface area contributed by atoms with Crippen molar-refractivity contribution in [1.82, 2.24) is 0 Å². The third-order valence-corrected chi connectivity index (χ3v) is 4.37. The molecule has 1 saturated heterocycles. The summed E-state index contributed by atoms with van der Waals surface area (Å²) in [5, 5.41) is 12.0. The van der Waals surface area contributed by atoms with Gasteiger partial charge in [-0.3, -0.25) is 10.1 Å². The Labute approximate surface area is 127 Å². The number of para-hydroxylation sites is 1. The molecule has 3 rings (SSSR count). The number of hydrogen-bond acceptors (Lipinski definition) is 5. The molecule has 1 aromatic heterocycles. The highest BCUT2D eigenvalue weighted by atomic mass is 16.6. The minimum absolute atomic E-state index is 0.146. The third kappa shape index (κ3) is 2.34. The SMILES string of the molecule is CC1CCN(c2c([N+](=O)[O-])c(=O)oc3ccccc23)C(C)C1. The lowest BCUT2D eigenvalue weighted by Crippen LogP contribution is -2.41. The average Bonchev–Trinajstić information content (AvgIpc) is 2.46. The van der Waals surface area contributed by atoms with E-state index in [9.17, 15) is 14.9 Å². The van der Waals surface area contributed by atoms with Crippen LogP contribution in [0, 0.1) is 16.0 Å². The minimum atomic E-state index is -0.885. The molecule has 22 heavy (non-hydrogen) atoms. The van der Waals surface area contributed by atoms with E-state index in [0.29, 0.717) is 29.1 Å². The molecule has 2 atom stereocenters. The van der Waals surface area contributed by atoms with E-state index in [0.717, 1.165) is 12.8 Å². The summed E-state index contributed by atoms with van der Waals surface area (Å²) in [6, 6.07) is 7.13. The van der Waals surface area contributed by atoms with Crippen molar-refractivity contribution in [3.05, 3.63) is 44.8 Å². The van der Waals surface area contributed by atoms with E-state index in [1.807, 2.05) is 11.8 Å². The van der Waals surface area contributed by atoms with Gasteiger partial charge in [-0.25, -0.2) is 4.79 Å². The number of nitrogens with zero attached hydrogens (tertiary/aromatic N) is 2. The van der Waals surface area contributed by atoms with Crippen molar-refractivity contribution < 1.29 is 9.34 Å². The van der Waals surface area contributed by atoms with Gasteiger partial charge >= 0.3 is 11.3 Å². The van der Waals surface area contributed by atoms with Crippen LogP contribution in [0.15, 0.2) is 33.5 Å². The molecule has 0 spiro atoms. The summed E-state index contributed by atoms with van der Waals surface area (Å²) in [7, 11) is 0. The Morgan fingerprint density at radius 1 is 1.32 bits per heavy atom. The van der Waals surface area contributed by atoms with Crippen LogP contribution in [0.3, 0.4) is 0 Å². The Hall–Kier alpha value is -2.37. The summed E-state index contributed by atoms with van der Waals surface area (Å²) in [6.45, 7) is 4.93. The molecule has 2 unspecified atom stereocenters. The zero-order chi connectivity index (χ0) is 15.9. The zero-order valence-corrected chi connectivity index (χ0v) is 12.6. The standard InChI is InChI=1S/C16H18N2O4/c1-10-7-8-17(11(2)9-10)14-12-5-3-4-6-13(12)22-16(19)15(14)18(20)21/h3-6,10-11H,7-9H2,1-2H3. The van der Waals surface area contributed by atoms with Crippen LogP contribution >= 0.6 is 0 Å². The number of hydrogen-bond donors (Lipinski definition) is 0. The largest absolute Gasteiger partial charge is 0.418 e. The highest BCUT2D eigenvalue weighted by molar-refractivity contribution is 5.95. The second-order valence-corrected chi connectivity index (χ2v) is 6.01. The summed E-state index contributed by atoms with van der Waals surface area (Å²) in [6.07, 6.45) is 1.90. The lowest BCUT2D eigenvalue weighted by Gasteiger charge is -2.38. The Morgan fingerprint density at radius 2 is 2.05 bits per heavy atom. The van der Waals surface area contributed by atoms with Gasteiger partial charge in [-0.05, 0) is 37.8 Å². The van der Waals surface area contributed by atoms with Gasteiger partial charge < -0.3 is 9.32 Å². The Bertz CT molecular complexity index is 783. The first kappa shape index (κ1) is 14.6. The molecule has 0 amide bonds. The molecule has 0 aliphatic carbocycles. The highest BCUT2D eigenvalue weighted by Gasteiger charge is 2.33. The molecule has 1 aromatic carbocycles. The second kappa shape index (κ2) is 5.44. The Balaban J connectivity index is 2.28. The molecule has 2 aromatic rings. The number of nitro groups is 1. The third-order valence-electron chi connectivity index (χ3n) is 4.37. The Kier molecular flexibility index (Phi) is 3.60. The van der Waals surface area contributed by atoms with E-state index >= 15 is 0 Å². The van der Waals surface area contributed by atoms with E-state index < -0.39 is 16.2 Å². The fourth-order valence-corrected chi connectivity index (χ4v) is 3.31. The molecule has 6 nitrogen and oxygen atoms in total. The minimum Gasteiger partial charge on any atom is -0.418 e. The van der Waals surface area contributed by atoms with E-state index in [-0.39, 0.29) is 6.04 Å². The number of fused-ring (bicyclic) bond motifs is 1. The zero-order valence-electron chi connectivity index (χ0n) is 12.6. The number of benzene rings is 1. The fourth-order valence-electron chi connectivity index (χ4n) is 3.31. The van der Waals surface area contributed by atoms with E-state index in [4.69, 9.17) is 4.42 Å². The average molecular weight is 302 g/mol. The summed E-state index contributed by atoms with van der Waals surface area (Å²) < 4.78 is 5.12. The Morgan fingerprint density at radius 3 is 2.73 bits per heavy atom. The first-order valence-corrected chi connectivity index (χ1v) is 7.46. The molecular formula is C16H18N2O4. The predicted octanol–water partition coefficient (Wildman–Crippen LogP) is 3.33. The molecule has 116 valence electrons. The second-order valence-electron chi connectivity index (χ2n) is 6.01. The molecule has 1 aliphatic heterocycles. The maximum atomic E-state index is 12.1. The van der Waals surface area contributed by atoms with Crippen molar-refractivity contribution in [2.75, 3.05) is 11.4 Å². The van der Waals surface area contributed by atoms with Gasteiger partial charge in [0, 0.05) is 18.0 Å². The quantitative estimate of drug-likeness (QED) is 0.483. The number of rotatable bonds is 2. The van der Waals surface area contributed by atoms with E-state index in [2.05, 4.69) is 6.92 Å². The van der Waals surface area contributed by atoms with Crippen molar-refractivity contribution in [3.8, 4) is 0 Å². The fraction of sp³-hybridized carbons (Fsp3) is 0.438. The molecule has 6 heteroatoms. The first-order chi connectivity index (χ1) is 10.5. The smallest absolute Gasteiger partial charge is 0.417 e. The molecular weight excluding hydrogens is 284 g/mol. The lowest BCUT2D eigenvalue weighted by molar-refractivity contribution is -0.386. The molecule has 1 fully saturated rings. The predicted molar refractivity (Wildman–Crippen MR) is 84.3 cm³/mol. The van der Waals surface area contributed by atoms with Crippen molar-refractivity contribution >= 4 is 22.3 Å². The van der Waals surface area contributed by atoms with Gasteiger partial charge in [-0.15, -0.1) is 0 Å². The van der Waals surface area contributed by atoms with Crippen molar-refractivity contribution in [1.29, 1.82) is 0 Å². The summed E-state index contributed by atoms with van der Waals surface area (Å²) >= 11 is 0. The van der Waals surface area contributed by atoms with Crippen LogP contribution in [-0.2, 0) is 0 Å². The monoisotopic (exact) mass is 302 g/mol. The van der Waals surface area contributed by atoms with Crippen LogP contribution in [0.4, 0.5) is 11.4 Å². The highest BCUT2D eigenvalue weighted by Crippen LogP contribution is 2.37. The van der Waals surface area contributed by atoms with Crippen LogP contribution in [0.1, 0.15) is 26.7 Å². The topological polar surface area (TPSA) is 76.6 Å². The van der Waals surface area contributed by atoms with Crippen LogP contribution in [0.5, 0.6) is 0 Å². The normalized spacial score (nSPS) is 22.0. The van der Waals surface area contributed by atoms with Gasteiger partial charge in [0.25, 0.3) is 0 Å². The van der Waals surface area contributed by atoms with E-state index in [1.165, 1.54) is 0 Å². The molecule has 0 saturated carbocycles. The lowest BCUT2D eigenvalue weighted by atomic mass is 9.92. The van der Waals surface area contributed by atoms with E-state index in [1.54, 1.807) is 24.3 Å². The van der Waals surface area contributed by atoms with Gasteiger partial charge in [0.1, 0.15) is 11.3 Å². The summed E-state index contributed by atoms with van der Waals surface area (Å²) in [4.78, 5) is 24.8. The van der Waals surface area contributed by atoms with Crippen LogP contribution in [0.25, 0.3) is 11.0 Å². The molecule has 0 N–H and O–H groups in total. The van der Waals surface area contributed by atoms with Gasteiger partial charge in [-0.2, -0.15) is 0 Å². The molecule has 1 aliphatic rings. The maximum absolute atomic E-state index is 12.1. The van der Waals surface area contributed by atoms with Crippen molar-refractivity contribution in [2.24, 2.45) is 5.92 Å². The first-order valence-electron chi connectivity index (χ1n) is 7.46. The summed E-state index contributed by atoms with van der Waals surface area (Å²) in [5.74, 6) is 0.580. The van der Waals surface area contributed by atoms with Gasteiger partial charge in [-0.1, -0.05) is 19.1 Å². The van der Waals surface area contributed by atoms with Gasteiger partial charge in [0.15, 0.2) is 0 Å². The number of piperidine rings is 1.